The third-order valence-corrected chi connectivity index (χ3v) is 2.26. The molecular formula is C10H9N5O4. The molecule has 0 amide bonds. The van der Waals surface area contributed by atoms with Crippen molar-refractivity contribution < 1.29 is 15.0 Å². The molecule has 9 nitrogen and oxygen atoms in total. The van der Waals surface area contributed by atoms with Crippen LogP contribution in [0.15, 0.2) is 33.2 Å². The molecule has 0 aliphatic heterocycles. The van der Waals surface area contributed by atoms with Crippen molar-refractivity contribution in [3.63, 3.8) is 0 Å². The molecule has 6 N–H and O–H groups in total. The van der Waals surface area contributed by atoms with Crippen LogP contribution >= 0.6 is 0 Å². The van der Waals surface area contributed by atoms with E-state index < -0.39 is 11.5 Å². The summed E-state index contributed by atoms with van der Waals surface area (Å²) >= 11 is 0. The third kappa shape index (κ3) is 2.44. The van der Waals surface area contributed by atoms with E-state index in [1.807, 2.05) is 0 Å². The summed E-state index contributed by atoms with van der Waals surface area (Å²) in [4.78, 5) is 22.0. The average molecular weight is 263 g/mol. The lowest BCUT2D eigenvalue weighted by Crippen LogP contribution is -1.97. The Morgan fingerprint density at radius 2 is 2.00 bits per heavy atom. The first-order chi connectivity index (χ1) is 8.99. The zero-order valence-corrected chi connectivity index (χ0v) is 9.41. The number of carboxylic acids is 1. The van der Waals surface area contributed by atoms with Crippen LogP contribution in [0, 0.1) is 0 Å². The number of aromatic nitrogens is 2. The molecule has 1 aromatic heterocycles. The number of nitrogens with one attached hydrogen (secondary N) is 2. The van der Waals surface area contributed by atoms with E-state index in [1.54, 1.807) is 0 Å². The summed E-state index contributed by atoms with van der Waals surface area (Å²) in [6.07, 6.45) is 0. The van der Waals surface area contributed by atoms with Crippen molar-refractivity contribution in [1.29, 1.82) is 0 Å². The molecule has 0 atom stereocenters. The number of nitrogens with zero attached hydrogens (tertiary/aromatic N) is 2. The Labute approximate surface area is 105 Å². The number of H-pyrrole nitrogens is 2. The van der Waals surface area contributed by atoms with Crippen molar-refractivity contribution >= 4 is 23.2 Å². The van der Waals surface area contributed by atoms with E-state index in [-0.39, 0.29) is 28.5 Å². The Balaban J connectivity index is 2.37. The van der Waals surface area contributed by atoms with E-state index >= 15 is 0 Å². The molecule has 0 aliphatic carbocycles. The Kier molecular flexibility index (Phi) is 3.02. The number of nitrogens with two attached hydrogens (primary N) is 1. The van der Waals surface area contributed by atoms with Crippen LogP contribution in [-0.2, 0) is 0 Å². The van der Waals surface area contributed by atoms with Gasteiger partial charge in [0.25, 0.3) is 5.56 Å². The molecule has 0 fully saturated rings. The number of carbonyl (C=O) groups is 1. The number of anilines is 1. The van der Waals surface area contributed by atoms with Gasteiger partial charge in [-0.2, -0.15) is 5.11 Å². The van der Waals surface area contributed by atoms with Gasteiger partial charge in [-0.15, -0.1) is 5.11 Å². The highest BCUT2D eigenvalue weighted by Crippen LogP contribution is 2.25. The van der Waals surface area contributed by atoms with Crippen LogP contribution in [0.3, 0.4) is 0 Å². The fourth-order valence-corrected chi connectivity index (χ4v) is 1.33. The Morgan fingerprint density at radius 1 is 1.26 bits per heavy atom. The number of benzene rings is 1. The standard InChI is InChI=1S/C10H9N5O4/c11-8-7(9(17)15-14-8)13-12-4-1-2-6(16)5(3-4)10(18)19/h1-3,16H,(H,18,19)(H4,11,14,15,17). The molecule has 1 aromatic carbocycles. The molecule has 0 saturated carbocycles. The molecule has 0 aliphatic rings. The predicted molar refractivity (Wildman–Crippen MR) is 65.1 cm³/mol. The minimum absolute atomic E-state index is 0.0194. The maximum atomic E-state index is 11.2. The molecule has 1 heterocycles. The van der Waals surface area contributed by atoms with Gasteiger partial charge >= 0.3 is 5.97 Å². The highest BCUT2D eigenvalue weighted by molar-refractivity contribution is 5.91. The van der Waals surface area contributed by atoms with Crippen LogP contribution in [0.2, 0.25) is 0 Å². The maximum absolute atomic E-state index is 11.2. The predicted octanol–water partition coefficient (Wildman–Crippen LogP) is 1.10. The van der Waals surface area contributed by atoms with Crippen molar-refractivity contribution in [3.05, 3.63) is 34.1 Å². The summed E-state index contributed by atoms with van der Waals surface area (Å²) in [5, 5.41) is 30.0. The monoisotopic (exact) mass is 263 g/mol. The summed E-state index contributed by atoms with van der Waals surface area (Å²) < 4.78 is 0. The minimum atomic E-state index is -1.30. The first-order valence-corrected chi connectivity index (χ1v) is 5.03. The summed E-state index contributed by atoms with van der Waals surface area (Å²) in [6.45, 7) is 0. The van der Waals surface area contributed by atoms with Gasteiger partial charge < -0.3 is 15.9 Å². The van der Waals surface area contributed by atoms with Crippen molar-refractivity contribution in [2.75, 3.05) is 5.73 Å². The lowest BCUT2D eigenvalue weighted by atomic mass is 10.2. The van der Waals surface area contributed by atoms with E-state index in [0.29, 0.717) is 0 Å². The first-order valence-electron chi connectivity index (χ1n) is 5.03. The van der Waals surface area contributed by atoms with Crippen LogP contribution in [-0.4, -0.2) is 26.4 Å². The summed E-state index contributed by atoms with van der Waals surface area (Å²) in [7, 11) is 0. The zero-order chi connectivity index (χ0) is 14.0. The largest absolute Gasteiger partial charge is 0.507 e. The quantitative estimate of drug-likeness (QED) is 0.524. The Morgan fingerprint density at radius 3 is 2.58 bits per heavy atom. The summed E-state index contributed by atoms with van der Waals surface area (Å²) in [5.74, 6) is -1.66. The van der Waals surface area contributed by atoms with Crippen molar-refractivity contribution in [3.8, 4) is 5.75 Å². The van der Waals surface area contributed by atoms with Gasteiger partial charge in [0.05, 0.1) is 5.69 Å². The number of carboxylic acid groups (broad SMARTS) is 1. The molecule has 0 saturated heterocycles. The van der Waals surface area contributed by atoms with E-state index in [9.17, 15) is 14.7 Å². The molecule has 2 aromatic rings. The number of azo groups is 1. The molecule has 0 spiro atoms. The van der Waals surface area contributed by atoms with Crippen LogP contribution < -0.4 is 11.3 Å². The molecule has 2 rings (SSSR count). The average Bonchev–Trinajstić information content (AvgIpc) is 2.68. The second kappa shape index (κ2) is 4.64. The second-order valence-electron chi connectivity index (χ2n) is 3.55. The van der Waals surface area contributed by atoms with Gasteiger partial charge in [-0.1, -0.05) is 0 Å². The van der Waals surface area contributed by atoms with E-state index in [0.717, 1.165) is 6.07 Å². The van der Waals surface area contributed by atoms with Gasteiger partial charge in [-0.3, -0.25) is 15.0 Å². The van der Waals surface area contributed by atoms with Gasteiger partial charge in [0, 0.05) is 0 Å². The molecule has 9 heteroatoms. The van der Waals surface area contributed by atoms with E-state index in [2.05, 4.69) is 20.4 Å². The number of aromatic hydroxyl groups is 1. The van der Waals surface area contributed by atoms with Gasteiger partial charge in [0.1, 0.15) is 17.1 Å². The van der Waals surface area contributed by atoms with Crippen LogP contribution in [0.1, 0.15) is 10.4 Å². The number of nitrogen functional groups attached to an aromatic ring is 1. The lowest BCUT2D eigenvalue weighted by Gasteiger charge is -1.99. The van der Waals surface area contributed by atoms with Crippen molar-refractivity contribution in [2.24, 2.45) is 10.2 Å². The minimum Gasteiger partial charge on any atom is -0.507 e. The van der Waals surface area contributed by atoms with Gasteiger partial charge in [-0.05, 0) is 18.2 Å². The highest BCUT2D eigenvalue weighted by atomic mass is 16.4. The van der Waals surface area contributed by atoms with Crippen molar-refractivity contribution in [1.82, 2.24) is 10.2 Å². The number of aromatic carboxylic acids is 1. The maximum Gasteiger partial charge on any atom is 0.339 e. The molecule has 0 unspecified atom stereocenters. The fourth-order valence-electron chi connectivity index (χ4n) is 1.33. The van der Waals surface area contributed by atoms with Crippen LogP contribution in [0.4, 0.5) is 17.2 Å². The SMILES string of the molecule is Nc1[nH][nH]c(=O)c1N=Nc1ccc(O)c(C(=O)O)c1. The summed E-state index contributed by atoms with van der Waals surface area (Å²) in [5.41, 5.74) is 4.63. The van der Waals surface area contributed by atoms with Gasteiger partial charge in [0.2, 0.25) is 0 Å². The number of hydrogen-bond donors (Lipinski definition) is 5. The zero-order valence-electron chi connectivity index (χ0n) is 9.41. The summed E-state index contributed by atoms with van der Waals surface area (Å²) in [6, 6.07) is 3.64. The molecule has 0 radical (unpaired) electrons. The number of rotatable bonds is 3. The fraction of sp³-hybridized carbons (Fsp3) is 0. The number of aromatic amines is 2. The Bertz CT molecular complexity index is 715. The number of phenols is 1. The smallest absolute Gasteiger partial charge is 0.339 e. The number of hydrogen-bond acceptors (Lipinski definition) is 6. The van der Waals surface area contributed by atoms with Crippen LogP contribution in [0.5, 0.6) is 5.75 Å². The molecular weight excluding hydrogens is 254 g/mol. The van der Waals surface area contributed by atoms with E-state index in [4.69, 9.17) is 10.8 Å². The van der Waals surface area contributed by atoms with Gasteiger partial charge in [0.15, 0.2) is 5.69 Å². The third-order valence-electron chi connectivity index (χ3n) is 2.26. The normalized spacial score (nSPS) is 10.9. The first kappa shape index (κ1) is 12.4. The van der Waals surface area contributed by atoms with Gasteiger partial charge in [-0.25, -0.2) is 4.79 Å². The molecule has 0 bridgehead atoms. The second-order valence-corrected chi connectivity index (χ2v) is 3.55. The Hall–Kier alpha value is -3.10. The van der Waals surface area contributed by atoms with Crippen molar-refractivity contribution in [2.45, 2.75) is 0 Å². The highest BCUT2D eigenvalue weighted by Gasteiger charge is 2.10. The molecule has 19 heavy (non-hydrogen) atoms. The molecule has 98 valence electrons. The van der Waals surface area contributed by atoms with E-state index in [1.165, 1.54) is 12.1 Å². The lowest BCUT2D eigenvalue weighted by molar-refractivity contribution is 0.0694. The van der Waals surface area contributed by atoms with Crippen LogP contribution in [0.25, 0.3) is 0 Å². The topological polar surface area (TPSA) is 157 Å².